The van der Waals surface area contributed by atoms with Gasteiger partial charge in [0.05, 0.1) is 6.10 Å². The molecule has 1 saturated carbocycles. The van der Waals surface area contributed by atoms with Gasteiger partial charge in [-0.3, -0.25) is 0 Å². The molecule has 0 aromatic heterocycles. The molecule has 1 fully saturated rings. The highest BCUT2D eigenvalue weighted by Gasteiger charge is 2.33. The van der Waals surface area contributed by atoms with Gasteiger partial charge in [0.2, 0.25) is 0 Å². The Balaban J connectivity index is 1.58. The largest absolute Gasteiger partial charge is 0.490 e. The zero-order chi connectivity index (χ0) is 19.7. The first-order valence-corrected chi connectivity index (χ1v) is 10.6. The van der Waals surface area contributed by atoms with Gasteiger partial charge in [0.15, 0.2) is 0 Å². The van der Waals surface area contributed by atoms with Gasteiger partial charge in [0, 0.05) is 5.02 Å². The summed E-state index contributed by atoms with van der Waals surface area (Å²) in [6.07, 6.45) is 5.00. The minimum absolute atomic E-state index is 0.0895. The van der Waals surface area contributed by atoms with E-state index >= 15 is 0 Å². The first-order valence-electron chi connectivity index (χ1n) is 10.2. The maximum atomic E-state index is 6.45. The van der Waals surface area contributed by atoms with Crippen molar-refractivity contribution in [2.75, 3.05) is 0 Å². The first kappa shape index (κ1) is 20.3. The van der Waals surface area contributed by atoms with E-state index in [-0.39, 0.29) is 10.8 Å². The third-order valence-electron chi connectivity index (χ3n) is 5.92. The van der Waals surface area contributed by atoms with E-state index in [1.54, 1.807) is 0 Å². The number of hydrogen-bond donors (Lipinski definition) is 0. The van der Waals surface area contributed by atoms with Crippen LogP contribution in [0.5, 0.6) is 5.75 Å². The lowest BCUT2D eigenvalue weighted by atomic mass is 9.76. The van der Waals surface area contributed by atoms with E-state index in [1.807, 2.05) is 12.1 Å². The van der Waals surface area contributed by atoms with Gasteiger partial charge in [-0.15, -0.1) is 0 Å². The second-order valence-electron chi connectivity index (χ2n) is 9.76. The highest BCUT2D eigenvalue weighted by atomic mass is 35.5. The Kier molecular flexibility index (Phi) is 5.91. The Hall–Kier alpha value is -1.47. The topological polar surface area (TPSA) is 9.23 Å². The molecular weight excluding hydrogens is 352 g/mol. The fourth-order valence-corrected chi connectivity index (χ4v) is 4.78. The molecule has 0 aliphatic heterocycles. The van der Waals surface area contributed by atoms with Gasteiger partial charge < -0.3 is 4.74 Å². The summed E-state index contributed by atoms with van der Waals surface area (Å²) < 4.78 is 6.29. The Bertz CT molecular complexity index is 755. The van der Waals surface area contributed by atoms with Crippen molar-refractivity contribution >= 4 is 11.6 Å². The van der Waals surface area contributed by atoms with Gasteiger partial charge in [-0.25, -0.2) is 0 Å². The quantitative estimate of drug-likeness (QED) is 0.516. The molecule has 2 aromatic rings. The standard InChI is InChI=1S/C25H33ClO/c1-24(2,3)19-11-14-20(15-12-19)27-21-13-10-18(16-21)17-25(4,5)22-8-6-7-9-23(22)26/h6-9,11-12,14-15,18,21H,10,13,16-17H2,1-5H3. The van der Waals surface area contributed by atoms with Gasteiger partial charge in [0.25, 0.3) is 0 Å². The molecule has 0 amide bonds. The SMILES string of the molecule is CC(C)(C)c1ccc(OC2CCC(CC(C)(C)c3ccccc3Cl)C2)cc1. The van der Waals surface area contributed by atoms with E-state index in [0.29, 0.717) is 12.0 Å². The molecule has 1 aliphatic carbocycles. The van der Waals surface area contributed by atoms with Gasteiger partial charge in [0.1, 0.15) is 5.75 Å². The predicted octanol–water partition coefficient (Wildman–Crippen LogP) is 7.55. The van der Waals surface area contributed by atoms with Gasteiger partial charge in [-0.2, -0.15) is 0 Å². The lowest BCUT2D eigenvalue weighted by Crippen LogP contribution is -2.22. The van der Waals surface area contributed by atoms with E-state index in [9.17, 15) is 0 Å². The average molecular weight is 385 g/mol. The Morgan fingerprint density at radius 1 is 0.926 bits per heavy atom. The second-order valence-corrected chi connectivity index (χ2v) is 10.2. The molecule has 2 aromatic carbocycles. The maximum Gasteiger partial charge on any atom is 0.119 e. The van der Waals surface area contributed by atoms with Crippen molar-refractivity contribution in [1.82, 2.24) is 0 Å². The van der Waals surface area contributed by atoms with Gasteiger partial charge in [-0.1, -0.05) is 76.6 Å². The molecule has 0 saturated heterocycles. The minimum Gasteiger partial charge on any atom is -0.490 e. The third kappa shape index (κ3) is 5.08. The normalized spacial score (nSPS) is 20.7. The molecule has 0 bridgehead atoms. The Labute approximate surface area is 170 Å². The molecule has 0 N–H and O–H groups in total. The van der Waals surface area contributed by atoms with Crippen molar-refractivity contribution in [2.24, 2.45) is 5.92 Å². The lowest BCUT2D eigenvalue weighted by Gasteiger charge is -2.29. The molecule has 146 valence electrons. The van der Waals surface area contributed by atoms with E-state index < -0.39 is 0 Å². The maximum absolute atomic E-state index is 6.45. The molecule has 1 aliphatic rings. The summed E-state index contributed by atoms with van der Waals surface area (Å²) in [6.45, 7) is 11.3. The molecule has 2 atom stereocenters. The van der Waals surface area contributed by atoms with E-state index in [2.05, 4.69) is 71.0 Å². The number of rotatable bonds is 5. The van der Waals surface area contributed by atoms with Crippen LogP contribution in [0.4, 0.5) is 0 Å². The first-order chi connectivity index (χ1) is 12.6. The smallest absolute Gasteiger partial charge is 0.119 e. The fourth-order valence-electron chi connectivity index (χ4n) is 4.39. The van der Waals surface area contributed by atoms with E-state index in [1.165, 1.54) is 17.5 Å². The fraction of sp³-hybridized carbons (Fsp3) is 0.520. The van der Waals surface area contributed by atoms with Crippen molar-refractivity contribution < 1.29 is 4.74 Å². The molecule has 2 unspecified atom stereocenters. The molecular formula is C25H33ClO. The van der Waals surface area contributed by atoms with Crippen LogP contribution in [0.25, 0.3) is 0 Å². The molecule has 2 heteroatoms. The van der Waals surface area contributed by atoms with Crippen LogP contribution in [-0.4, -0.2) is 6.10 Å². The second kappa shape index (κ2) is 7.87. The highest BCUT2D eigenvalue weighted by molar-refractivity contribution is 6.31. The van der Waals surface area contributed by atoms with Crippen LogP contribution in [-0.2, 0) is 10.8 Å². The summed E-state index contributed by atoms with van der Waals surface area (Å²) in [5.41, 5.74) is 2.88. The van der Waals surface area contributed by atoms with Crippen molar-refractivity contribution in [3.05, 3.63) is 64.7 Å². The molecule has 27 heavy (non-hydrogen) atoms. The number of hydrogen-bond acceptors (Lipinski definition) is 1. The van der Waals surface area contributed by atoms with Crippen LogP contribution in [0.1, 0.15) is 71.4 Å². The van der Waals surface area contributed by atoms with Crippen molar-refractivity contribution in [3.8, 4) is 5.75 Å². The summed E-state index contributed by atoms with van der Waals surface area (Å²) in [4.78, 5) is 0. The van der Waals surface area contributed by atoms with Crippen molar-refractivity contribution in [1.29, 1.82) is 0 Å². The molecule has 0 radical (unpaired) electrons. The predicted molar refractivity (Wildman–Crippen MR) is 116 cm³/mol. The van der Waals surface area contributed by atoms with Gasteiger partial charge >= 0.3 is 0 Å². The number of benzene rings is 2. The van der Waals surface area contributed by atoms with Gasteiger partial charge in [-0.05, 0) is 71.8 Å². The van der Waals surface area contributed by atoms with E-state index in [4.69, 9.17) is 16.3 Å². The Morgan fingerprint density at radius 3 is 2.22 bits per heavy atom. The zero-order valence-electron chi connectivity index (χ0n) is 17.4. The van der Waals surface area contributed by atoms with E-state index in [0.717, 1.165) is 30.0 Å². The van der Waals surface area contributed by atoms with Crippen LogP contribution in [0.3, 0.4) is 0 Å². The Morgan fingerprint density at radius 2 is 1.59 bits per heavy atom. The summed E-state index contributed by atoms with van der Waals surface area (Å²) in [6, 6.07) is 16.9. The molecule has 1 nitrogen and oxygen atoms in total. The van der Waals surface area contributed by atoms with Crippen LogP contribution in [0.2, 0.25) is 5.02 Å². The minimum atomic E-state index is 0.0895. The average Bonchev–Trinajstić information content (AvgIpc) is 3.01. The van der Waals surface area contributed by atoms with Crippen LogP contribution < -0.4 is 4.74 Å². The molecule has 0 spiro atoms. The molecule has 0 heterocycles. The third-order valence-corrected chi connectivity index (χ3v) is 6.25. The summed E-state index contributed by atoms with van der Waals surface area (Å²) in [7, 11) is 0. The van der Waals surface area contributed by atoms with Crippen LogP contribution in [0.15, 0.2) is 48.5 Å². The lowest BCUT2D eigenvalue weighted by molar-refractivity contribution is 0.200. The van der Waals surface area contributed by atoms with Crippen LogP contribution in [0, 0.1) is 5.92 Å². The van der Waals surface area contributed by atoms with Crippen LogP contribution >= 0.6 is 11.6 Å². The van der Waals surface area contributed by atoms with Crippen molar-refractivity contribution in [3.63, 3.8) is 0 Å². The summed E-state index contributed by atoms with van der Waals surface area (Å²) >= 11 is 6.45. The summed E-state index contributed by atoms with van der Waals surface area (Å²) in [5, 5.41) is 0.882. The number of halogens is 1. The monoisotopic (exact) mass is 384 g/mol. The molecule has 3 rings (SSSR count). The number of ether oxygens (including phenoxy) is 1. The van der Waals surface area contributed by atoms with Crippen molar-refractivity contribution in [2.45, 2.75) is 77.2 Å². The summed E-state index contributed by atoms with van der Waals surface area (Å²) in [5.74, 6) is 1.69. The zero-order valence-corrected chi connectivity index (χ0v) is 18.1. The highest BCUT2D eigenvalue weighted by Crippen LogP contribution is 2.41.